The molecule has 0 nitrogen and oxygen atoms in total. The molecule has 0 atom stereocenters. The van der Waals surface area contributed by atoms with Gasteiger partial charge in [0.1, 0.15) is 0 Å². The van der Waals surface area contributed by atoms with Crippen LogP contribution in [0.1, 0.15) is 11.1 Å². The number of benzene rings is 1. The summed E-state index contributed by atoms with van der Waals surface area (Å²) in [6.07, 6.45) is 0. The Hall–Kier alpha value is 1.25. The molecule has 0 aliphatic heterocycles. The molecule has 0 heterocycles. The van der Waals surface area contributed by atoms with Crippen LogP contribution in [0.2, 0.25) is 55.8 Å². The Bertz CT molecular complexity index is 369. The third-order valence-corrected chi connectivity index (χ3v) is 5.88. The molecule has 0 unspecified atom stereocenters. The molecule has 1 rings (SSSR count). The van der Waals surface area contributed by atoms with Crippen LogP contribution in [0.4, 0.5) is 0 Å². The van der Waals surface area contributed by atoms with Gasteiger partial charge in [0.2, 0.25) is 0 Å². The van der Waals surface area contributed by atoms with Crippen molar-refractivity contribution in [2.75, 3.05) is 0 Å². The monoisotopic (exact) mass is 550 g/mol. The molecule has 0 spiro atoms. The van der Waals surface area contributed by atoms with E-state index in [2.05, 4.69) is 81.8 Å². The van der Waals surface area contributed by atoms with Crippen LogP contribution in [0.25, 0.3) is 0 Å². The third kappa shape index (κ3) is 13.7. The van der Waals surface area contributed by atoms with Gasteiger partial charge in [0.05, 0.1) is 17.6 Å². The van der Waals surface area contributed by atoms with Crippen LogP contribution in [-0.2, 0) is 0 Å². The van der Waals surface area contributed by atoms with Gasteiger partial charge in [-0.25, -0.2) is 0 Å². The van der Waals surface area contributed by atoms with Gasteiger partial charge in [0.25, 0.3) is 0 Å². The Morgan fingerprint density at radius 3 is 0.909 bits per heavy atom. The molecule has 0 N–H and O–H groups in total. The number of hydrogen-bond donors (Lipinski definition) is 0. The Morgan fingerprint density at radius 1 is 0.591 bits per heavy atom. The van der Waals surface area contributed by atoms with E-state index in [0.717, 1.165) is 0 Å². The van der Waals surface area contributed by atoms with E-state index in [9.17, 15) is 0 Å². The number of hydrogen-bond acceptors (Lipinski definition) is 0. The Balaban J connectivity index is 0. The molecule has 1 aromatic carbocycles. The van der Waals surface area contributed by atoms with Gasteiger partial charge in [-0.15, -0.1) is 0 Å². The first-order valence-electron chi connectivity index (χ1n) is 8.15. The second-order valence-corrected chi connectivity index (χ2v) is 29.7. The van der Waals surface area contributed by atoms with Crippen molar-refractivity contribution in [1.29, 1.82) is 0 Å². The minimum atomic E-state index is -0.543. The maximum atomic E-state index is 2.43. The van der Waals surface area contributed by atoms with E-state index < -0.39 is 39.5 Å². The third-order valence-electron chi connectivity index (χ3n) is 2.65. The fourth-order valence-corrected chi connectivity index (χ4v) is 4.63. The number of rotatable bonds is 2. The predicted octanol–water partition coefficient (Wildman–Crippen LogP) is 4.97. The zero-order valence-electron chi connectivity index (χ0n) is 17.2. The van der Waals surface area contributed by atoms with E-state index in [-0.39, 0.29) is 17.6 Å². The average molecular weight is 548 g/mol. The second kappa shape index (κ2) is 13.5. The first-order chi connectivity index (χ1) is 9.89. The zero-order chi connectivity index (χ0) is 18.0. The average Bonchev–Trinajstić information content (AvgIpc) is 2.29. The first-order valence-corrected chi connectivity index (χ1v) is 30.3. The van der Waals surface area contributed by atoms with Gasteiger partial charge >= 0.3 is 69.2 Å². The standard InChI is InChI=1S/C12H20Si2.6CH3.2Sn/c1-9-7-12(14(5)6)10(2)8-11(9)13(3)4;;;;;;;;/h7-8H,1-6H3;6*1H3;;. The Morgan fingerprint density at radius 2 is 0.773 bits per heavy atom. The van der Waals surface area contributed by atoms with Gasteiger partial charge < -0.3 is 0 Å². The molecule has 126 valence electrons. The van der Waals surface area contributed by atoms with E-state index >= 15 is 0 Å². The van der Waals surface area contributed by atoms with Crippen molar-refractivity contribution in [3.63, 3.8) is 0 Å². The quantitative estimate of drug-likeness (QED) is 0.459. The summed E-state index contributed by atoms with van der Waals surface area (Å²) < 4.78 is 0. The maximum absolute atomic E-state index is 2.43. The van der Waals surface area contributed by atoms with E-state index in [4.69, 9.17) is 0 Å². The molecule has 4 radical (unpaired) electrons. The van der Waals surface area contributed by atoms with Crippen LogP contribution in [0, 0.1) is 13.8 Å². The predicted molar refractivity (Wildman–Crippen MR) is 117 cm³/mol. The second-order valence-electron chi connectivity index (χ2n) is 7.48. The van der Waals surface area contributed by atoms with Gasteiger partial charge in [-0.05, 0) is 13.8 Å². The van der Waals surface area contributed by atoms with Crippen LogP contribution < -0.4 is 10.4 Å². The van der Waals surface area contributed by atoms with Gasteiger partial charge in [-0.3, -0.25) is 0 Å². The van der Waals surface area contributed by atoms with E-state index in [1.807, 2.05) is 0 Å². The van der Waals surface area contributed by atoms with Crippen molar-refractivity contribution in [1.82, 2.24) is 0 Å². The van der Waals surface area contributed by atoms with Gasteiger partial charge in [-0.2, -0.15) is 0 Å². The fraction of sp³-hybridized carbons (Fsp3) is 0.667. The van der Waals surface area contributed by atoms with Crippen LogP contribution in [-0.4, -0.2) is 57.1 Å². The fourth-order valence-electron chi connectivity index (χ4n) is 1.89. The Kier molecular flexibility index (Phi) is 15.7. The summed E-state index contributed by atoms with van der Waals surface area (Å²) in [4.78, 5) is 14.2. The van der Waals surface area contributed by atoms with Crippen molar-refractivity contribution in [3.8, 4) is 0 Å². The summed E-state index contributed by atoms with van der Waals surface area (Å²) in [5.41, 5.74) is 3.02. The van der Waals surface area contributed by atoms with Gasteiger partial charge in [0.15, 0.2) is 0 Å². The van der Waals surface area contributed by atoms with Crippen molar-refractivity contribution < 1.29 is 0 Å². The van der Waals surface area contributed by atoms with Crippen molar-refractivity contribution in [3.05, 3.63) is 23.3 Å². The summed E-state index contributed by atoms with van der Waals surface area (Å²) in [5, 5.41) is 3.22. The molecular weight excluding hydrogens is 510 g/mol. The van der Waals surface area contributed by atoms with Crippen molar-refractivity contribution in [2.24, 2.45) is 0 Å². The van der Waals surface area contributed by atoms with Gasteiger partial charge in [0, 0.05) is 0 Å². The molecule has 0 aromatic heterocycles. The van der Waals surface area contributed by atoms with Crippen molar-refractivity contribution >= 4 is 67.5 Å². The van der Waals surface area contributed by atoms with Crippen LogP contribution in [0.5, 0.6) is 0 Å². The molecule has 0 bridgehead atoms. The molecule has 22 heavy (non-hydrogen) atoms. The Labute approximate surface area is 159 Å². The molecule has 0 aliphatic rings. The summed E-state index contributed by atoms with van der Waals surface area (Å²) >= 11 is -1.09. The summed E-state index contributed by atoms with van der Waals surface area (Å²) in [6, 6.07) is 4.85. The van der Waals surface area contributed by atoms with Gasteiger partial charge in [-0.1, -0.05) is 59.8 Å². The summed E-state index contributed by atoms with van der Waals surface area (Å²) in [6.45, 7) is 14.0. The van der Waals surface area contributed by atoms with E-state index in [1.165, 1.54) is 11.1 Å². The molecule has 0 saturated carbocycles. The van der Waals surface area contributed by atoms with Crippen molar-refractivity contribution in [2.45, 2.75) is 69.7 Å². The number of aryl methyl sites for hydroxylation is 2. The minimum absolute atomic E-state index is 0.295. The first kappa shape index (κ1) is 25.5. The SMILES string of the molecule is Cc1cc([Si](C)C)c(C)cc1[Si](C)C.[CH3][Sn]([CH3])[CH3].[CH3][Sn]([CH3])[CH3]. The van der Waals surface area contributed by atoms with Crippen LogP contribution in [0.3, 0.4) is 0 Å². The molecule has 0 saturated heterocycles. The topological polar surface area (TPSA) is 0 Å². The molecule has 0 aliphatic carbocycles. The molecular formula is C18H38Si2Sn2. The summed E-state index contributed by atoms with van der Waals surface area (Å²) in [5.74, 6) is 0. The normalized spacial score (nSPS) is 10.5. The van der Waals surface area contributed by atoms with Crippen LogP contribution >= 0.6 is 0 Å². The zero-order valence-corrected chi connectivity index (χ0v) is 24.9. The molecule has 4 heteroatoms. The van der Waals surface area contributed by atoms with E-state index in [0.29, 0.717) is 0 Å². The molecule has 1 aromatic rings. The van der Waals surface area contributed by atoms with E-state index in [1.54, 1.807) is 10.4 Å². The molecule has 0 fully saturated rings. The molecule has 0 amide bonds. The summed E-state index contributed by atoms with van der Waals surface area (Å²) in [7, 11) is -0.590. The van der Waals surface area contributed by atoms with Crippen LogP contribution in [0.15, 0.2) is 12.1 Å².